The van der Waals surface area contributed by atoms with Crippen molar-refractivity contribution in [2.75, 3.05) is 13.1 Å². The van der Waals surface area contributed by atoms with Crippen LogP contribution in [0.4, 0.5) is 0 Å². The maximum Gasteiger partial charge on any atom is 0.326 e. The number of para-hydroxylation sites is 2. The lowest BCUT2D eigenvalue weighted by Gasteiger charge is -2.23. The Kier molecular flexibility index (Phi) is 1.35. The number of nitrogens with one attached hydrogen (secondary N) is 2. The number of H-pyrrole nitrogens is 1. The Balaban J connectivity index is 2.38. The highest BCUT2D eigenvalue weighted by molar-refractivity contribution is 5.75. The van der Waals surface area contributed by atoms with Crippen LogP contribution < -0.4 is 11.0 Å². The van der Waals surface area contributed by atoms with E-state index in [4.69, 9.17) is 6.85 Å². The van der Waals surface area contributed by atoms with Crippen LogP contribution in [0, 0.1) is 0 Å². The Morgan fingerprint density at radius 3 is 2.94 bits per heavy atom. The number of benzene rings is 1. The summed E-state index contributed by atoms with van der Waals surface area (Å²) >= 11 is 0. The molecule has 2 heterocycles. The van der Waals surface area contributed by atoms with E-state index in [1.807, 2.05) is 0 Å². The number of rotatable bonds is 1. The second kappa shape index (κ2) is 3.79. The molecule has 0 spiro atoms. The number of imidazole rings is 1. The molecule has 1 aliphatic rings. The Labute approximate surface area is 100 Å². The van der Waals surface area contributed by atoms with Gasteiger partial charge in [-0.1, -0.05) is 12.1 Å². The number of aromatic nitrogens is 2. The van der Waals surface area contributed by atoms with Crippen LogP contribution in [0.25, 0.3) is 11.0 Å². The van der Waals surface area contributed by atoms with Crippen LogP contribution in [0.5, 0.6) is 0 Å². The fourth-order valence-corrected chi connectivity index (χ4v) is 1.85. The monoisotopic (exact) mass is 222 g/mol. The molecule has 2 N–H and O–H groups in total. The van der Waals surface area contributed by atoms with Gasteiger partial charge in [0, 0.05) is 11.5 Å². The summed E-state index contributed by atoms with van der Waals surface area (Å²) in [5.41, 5.74) is 0.104. The Hall–Kier alpha value is -1.55. The van der Waals surface area contributed by atoms with Crippen molar-refractivity contribution >= 4 is 11.0 Å². The lowest BCUT2D eigenvalue weighted by atomic mass is 10.1. The summed E-state index contributed by atoms with van der Waals surface area (Å²) in [6.07, 6.45) is -4.49. The van der Waals surface area contributed by atoms with Gasteiger partial charge in [0.05, 0.1) is 12.4 Å². The van der Waals surface area contributed by atoms with E-state index in [0.717, 1.165) is 4.57 Å². The normalized spacial score (nSPS) is 30.9. The fourth-order valence-electron chi connectivity index (χ4n) is 1.85. The van der Waals surface area contributed by atoms with E-state index in [1.54, 1.807) is 24.3 Å². The van der Waals surface area contributed by atoms with Gasteiger partial charge >= 0.3 is 5.69 Å². The summed E-state index contributed by atoms with van der Waals surface area (Å²) in [5, 5.41) is 2.65. The van der Waals surface area contributed by atoms with E-state index in [2.05, 4.69) is 10.3 Å². The molecule has 1 aromatic heterocycles. The van der Waals surface area contributed by atoms with Crippen molar-refractivity contribution in [2.45, 2.75) is 18.8 Å². The topological polar surface area (TPSA) is 49.8 Å². The largest absolute Gasteiger partial charge is 0.326 e. The number of fused-ring (bicyclic) bond motifs is 1. The SMILES string of the molecule is [2H]C1([2H])CNCC([2H])([2H])C1([2H])n1c(=O)[nH]c2ccccc21. The zero-order chi connectivity index (χ0) is 15.5. The van der Waals surface area contributed by atoms with Crippen molar-refractivity contribution < 1.29 is 6.85 Å². The van der Waals surface area contributed by atoms with E-state index >= 15 is 0 Å². The number of aromatic amines is 1. The van der Waals surface area contributed by atoms with Crippen LogP contribution in [-0.4, -0.2) is 22.6 Å². The van der Waals surface area contributed by atoms with Gasteiger partial charge in [-0.25, -0.2) is 4.79 Å². The van der Waals surface area contributed by atoms with Crippen molar-refractivity contribution in [3.05, 3.63) is 34.7 Å². The van der Waals surface area contributed by atoms with Crippen molar-refractivity contribution in [3.63, 3.8) is 0 Å². The summed E-state index contributed by atoms with van der Waals surface area (Å²) in [7, 11) is 0. The average molecular weight is 222 g/mol. The van der Waals surface area contributed by atoms with Crippen LogP contribution in [-0.2, 0) is 0 Å². The molecule has 3 rings (SSSR count). The first-order valence-electron chi connectivity index (χ1n) is 7.62. The summed E-state index contributed by atoms with van der Waals surface area (Å²) in [6.45, 7) is -0.385. The van der Waals surface area contributed by atoms with Crippen LogP contribution in [0.1, 0.15) is 25.6 Å². The minimum absolute atomic E-state index is 0.193. The highest BCUT2D eigenvalue weighted by atomic mass is 16.1. The van der Waals surface area contributed by atoms with Gasteiger partial charge in [-0.2, -0.15) is 0 Å². The van der Waals surface area contributed by atoms with Crippen LogP contribution in [0.2, 0.25) is 0 Å². The zero-order valence-corrected chi connectivity index (χ0v) is 8.58. The fraction of sp³-hybridized carbons (Fsp3) is 0.417. The molecule has 1 saturated heterocycles. The third kappa shape index (κ3) is 1.46. The van der Waals surface area contributed by atoms with Crippen LogP contribution >= 0.6 is 0 Å². The Morgan fingerprint density at radius 2 is 2.12 bits per heavy atom. The molecule has 0 bridgehead atoms. The molecule has 2 aromatic rings. The first kappa shape index (κ1) is 5.68. The van der Waals surface area contributed by atoms with Crippen molar-refractivity contribution in [1.82, 2.24) is 14.9 Å². The molecule has 0 unspecified atom stereocenters. The molecule has 1 aliphatic heterocycles. The number of nitrogens with zero attached hydrogens (tertiary/aromatic N) is 1. The third-order valence-corrected chi connectivity index (χ3v) is 2.57. The minimum Gasteiger partial charge on any atom is -0.317 e. The second-order valence-corrected chi connectivity index (χ2v) is 3.59. The van der Waals surface area contributed by atoms with Crippen LogP contribution in [0.15, 0.2) is 29.1 Å². The maximum absolute atomic E-state index is 12.3. The van der Waals surface area contributed by atoms with Gasteiger partial charge in [-0.15, -0.1) is 0 Å². The molecule has 84 valence electrons. The van der Waals surface area contributed by atoms with Gasteiger partial charge in [0.2, 0.25) is 0 Å². The molecule has 0 amide bonds. The molecule has 0 atom stereocenters. The molecule has 4 nitrogen and oxygen atoms in total. The van der Waals surface area contributed by atoms with Gasteiger partial charge < -0.3 is 10.3 Å². The zero-order valence-electron chi connectivity index (χ0n) is 13.6. The molecular formula is C12H15N3O. The number of hydrogen-bond donors (Lipinski definition) is 2. The van der Waals surface area contributed by atoms with Gasteiger partial charge in [0.25, 0.3) is 0 Å². The van der Waals surface area contributed by atoms with E-state index in [-0.39, 0.29) is 13.1 Å². The quantitative estimate of drug-likeness (QED) is 0.763. The third-order valence-electron chi connectivity index (χ3n) is 2.57. The summed E-state index contributed by atoms with van der Waals surface area (Å²) in [5.74, 6) is 0. The predicted octanol–water partition coefficient (Wildman–Crippen LogP) is 1.25. The lowest BCUT2D eigenvalue weighted by Crippen LogP contribution is -2.33. The number of piperidine rings is 1. The van der Waals surface area contributed by atoms with Crippen molar-refractivity contribution in [2.24, 2.45) is 0 Å². The molecule has 16 heavy (non-hydrogen) atoms. The van der Waals surface area contributed by atoms with Crippen LogP contribution in [0.3, 0.4) is 0 Å². The minimum atomic E-state index is -2.36. The van der Waals surface area contributed by atoms with Crippen molar-refractivity contribution in [3.8, 4) is 0 Å². The van der Waals surface area contributed by atoms with E-state index in [9.17, 15) is 4.79 Å². The molecule has 1 fully saturated rings. The second-order valence-electron chi connectivity index (χ2n) is 3.59. The molecule has 0 aliphatic carbocycles. The van der Waals surface area contributed by atoms with Gasteiger partial charge in [0.1, 0.15) is 0 Å². The van der Waals surface area contributed by atoms with E-state index in [1.165, 1.54) is 0 Å². The van der Waals surface area contributed by atoms with E-state index in [0.29, 0.717) is 11.0 Å². The number of hydrogen-bond acceptors (Lipinski definition) is 2. The Bertz CT molecular complexity index is 735. The average Bonchev–Trinajstić information content (AvgIpc) is 2.71. The summed E-state index contributed by atoms with van der Waals surface area (Å²) in [6, 6.07) is 4.25. The molecule has 0 radical (unpaired) electrons. The predicted molar refractivity (Wildman–Crippen MR) is 63.7 cm³/mol. The Morgan fingerprint density at radius 1 is 1.38 bits per heavy atom. The molecule has 1 aromatic carbocycles. The molecular weight excluding hydrogens is 202 g/mol. The highest BCUT2D eigenvalue weighted by Crippen LogP contribution is 2.21. The molecule has 0 saturated carbocycles. The van der Waals surface area contributed by atoms with Gasteiger partial charge in [-0.05, 0) is 38.0 Å². The van der Waals surface area contributed by atoms with Gasteiger partial charge in [0.15, 0.2) is 0 Å². The molecule has 4 heteroatoms. The van der Waals surface area contributed by atoms with E-state index < -0.39 is 24.5 Å². The standard InChI is InChI=1S/C12H15N3O/c16-12-14-10-3-1-2-4-11(10)15(12)9-5-7-13-8-6-9/h1-4,9,13H,5-8H2,(H,14,16)/i5D2,6D2,9D. The van der Waals surface area contributed by atoms with Gasteiger partial charge in [-0.3, -0.25) is 4.57 Å². The lowest BCUT2D eigenvalue weighted by molar-refractivity contribution is 0.368. The smallest absolute Gasteiger partial charge is 0.317 e. The first-order valence-corrected chi connectivity index (χ1v) is 5.12. The summed E-state index contributed by atoms with van der Waals surface area (Å²) in [4.78, 5) is 14.8. The van der Waals surface area contributed by atoms with Crippen molar-refractivity contribution in [1.29, 1.82) is 0 Å². The summed E-state index contributed by atoms with van der Waals surface area (Å²) < 4.78 is 41.8. The maximum atomic E-state index is 12.3. The first-order chi connectivity index (χ1) is 9.71. The highest BCUT2D eigenvalue weighted by Gasteiger charge is 2.18.